The molecule has 3 aromatic rings. The number of methoxy groups -OCH3 is 1. The summed E-state index contributed by atoms with van der Waals surface area (Å²) >= 11 is 0. The van der Waals surface area contributed by atoms with Crippen LogP contribution >= 0.6 is 0 Å². The number of ether oxygens (including phenoxy) is 2. The molecule has 2 aliphatic rings. The number of amides is 3. The Hall–Kier alpha value is -4.60. The second-order valence-corrected chi connectivity index (χ2v) is 9.78. The van der Waals surface area contributed by atoms with Gasteiger partial charge in [-0.05, 0) is 67.6 Å². The lowest BCUT2D eigenvalue weighted by molar-refractivity contribution is -0.384. The molecule has 1 atom stereocenters. The van der Waals surface area contributed by atoms with E-state index in [4.69, 9.17) is 9.47 Å². The number of carbonyl (C=O) groups is 2. The number of anilines is 3. The summed E-state index contributed by atoms with van der Waals surface area (Å²) in [4.78, 5) is 37.7. The van der Waals surface area contributed by atoms with Gasteiger partial charge in [0.25, 0.3) is 5.69 Å². The number of nitro groups is 1. The van der Waals surface area contributed by atoms with Crippen molar-refractivity contribution in [2.75, 3.05) is 29.2 Å². The number of carbonyl (C=O) groups excluding carboxylic acids is 2. The molecular weight excluding hydrogens is 500 g/mol. The van der Waals surface area contributed by atoms with Crippen molar-refractivity contribution < 1.29 is 24.0 Å². The Morgan fingerprint density at radius 1 is 0.974 bits per heavy atom. The maximum Gasteiger partial charge on any atom is 0.323 e. The molecule has 0 radical (unpaired) electrons. The molecule has 1 aliphatic heterocycles. The van der Waals surface area contributed by atoms with Gasteiger partial charge in [-0.1, -0.05) is 18.2 Å². The summed E-state index contributed by atoms with van der Waals surface area (Å²) in [6, 6.07) is 18.1. The molecule has 5 rings (SSSR count). The van der Waals surface area contributed by atoms with Gasteiger partial charge in [-0.3, -0.25) is 14.9 Å². The topological polar surface area (TPSA) is 123 Å². The van der Waals surface area contributed by atoms with E-state index in [2.05, 4.69) is 10.6 Å². The zero-order valence-electron chi connectivity index (χ0n) is 21.6. The second-order valence-electron chi connectivity index (χ2n) is 9.78. The molecule has 1 saturated carbocycles. The van der Waals surface area contributed by atoms with E-state index in [1.165, 1.54) is 31.0 Å². The van der Waals surface area contributed by atoms with Crippen LogP contribution in [0.25, 0.3) is 0 Å². The zero-order chi connectivity index (χ0) is 27.4. The molecule has 0 aromatic heterocycles. The Balaban J connectivity index is 1.26. The van der Waals surface area contributed by atoms with Crippen LogP contribution in [0.2, 0.25) is 0 Å². The molecule has 0 bridgehead atoms. The van der Waals surface area contributed by atoms with Crippen LogP contribution in [-0.2, 0) is 4.79 Å². The lowest BCUT2D eigenvalue weighted by Crippen LogP contribution is -2.25. The monoisotopic (exact) mass is 530 g/mol. The molecule has 1 heterocycles. The standard InChI is InChI=1S/C29H30N4O6/c1-38-26-13-12-19(14-27(26)39-25-10-2-3-11-25)20-15-28(34)32(18-20)23-8-4-6-21(16-23)30-29(35)31-22-7-5-9-24(17-22)33(36)37/h4-9,12-14,16-17,20,25H,2-3,10-11,15,18H2,1H3,(H2,30,31,35). The van der Waals surface area contributed by atoms with Crippen LogP contribution in [0, 0.1) is 10.1 Å². The largest absolute Gasteiger partial charge is 0.493 e. The van der Waals surface area contributed by atoms with Gasteiger partial charge in [0, 0.05) is 48.1 Å². The lowest BCUT2D eigenvalue weighted by Gasteiger charge is -2.20. The number of nitrogens with zero attached hydrogens (tertiary/aromatic N) is 2. The number of hydrogen-bond acceptors (Lipinski definition) is 6. The summed E-state index contributed by atoms with van der Waals surface area (Å²) < 4.78 is 11.8. The Morgan fingerprint density at radius 2 is 1.69 bits per heavy atom. The maximum atomic E-state index is 13.0. The highest BCUT2D eigenvalue weighted by molar-refractivity contribution is 6.01. The Kier molecular flexibility index (Phi) is 7.62. The fraction of sp³-hybridized carbons (Fsp3) is 0.310. The Bertz CT molecular complexity index is 1390. The van der Waals surface area contributed by atoms with Gasteiger partial charge in [0.2, 0.25) is 5.91 Å². The number of urea groups is 1. The van der Waals surface area contributed by atoms with Crippen LogP contribution in [0.15, 0.2) is 66.7 Å². The summed E-state index contributed by atoms with van der Waals surface area (Å²) in [6.07, 6.45) is 4.97. The Morgan fingerprint density at radius 3 is 2.41 bits per heavy atom. The van der Waals surface area contributed by atoms with E-state index in [9.17, 15) is 19.7 Å². The highest BCUT2D eigenvalue weighted by atomic mass is 16.6. The lowest BCUT2D eigenvalue weighted by atomic mass is 9.98. The third kappa shape index (κ3) is 6.11. The van der Waals surface area contributed by atoms with Gasteiger partial charge in [0.05, 0.1) is 18.1 Å². The first-order valence-corrected chi connectivity index (χ1v) is 13.0. The van der Waals surface area contributed by atoms with Crippen LogP contribution in [-0.4, -0.2) is 36.6 Å². The first-order valence-electron chi connectivity index (χ1n) is 13.0. The number of benzene rings is 3. The molecule has 10 nitrogen and oxygen atoms in total. The van der Waals surface area contributed by atoms with Crippen molar-refractivity contribution in [2.24, 2.45) is 0 Å². The van der Waals surface area contributed by atoms with Crippen LogP contribution < -0.4 is 25.0 Å². The quantitative estimate of drug-likeness (QED) is 0.268. The number of hydrogen-bond donors (Lipinski definition) is 2. The summed E-state index contributed by atoms with van der Waals surface area (Å²) in [5.41, 5.74) is 2.36. The second kappa shape index (κ2) is 11.4. The minimum atomic E-state index is -0.550. The van der Waals surface area contributed by atoms with Gasteiger partial charge in [-0.15, -0.1) is 0 Å². The predicted octanol–water partition coefficient (Wildman–Crippen LogP) is 6.09. The maximum absolute atomic E-state index is 13.0. The molecule has 2 N–H and O–H groups in total. The first kappa shape index (κ1) is 26.0. The normalized spacial score (nSPS) is 17.2. The van der Waals surface area contributed by atoms with E-state index in [0.717, 1.165) is 18.4 Å². The molecule has 39 heavy (non-hydrogen) atoms. The third-order valence-corrected chi connectivity index (χ3v) is 7.11. The van der Waals surface area contributed by atoms with Crippen LogP contribution in [0.4, 0.5) is 27.5 Å². The van der Waals surface area contributed by atoms with Crippen molar-refractivity contribution in [2.45, 2.75) is 44.1 Å². The van der Waals surface area contributed by atoms with E-state index in [-0.39, 0.29) is 23.6 Å². The third-order valence-electron chi connectivity index (χ3n) is 7.11. The Labute approximate surface area is 226 Å². The summed E-state index contributed by atoms with van der Waals surface area (Å²) in [6.45, 7) is 0.497. The van der Waals surface area contributed by atoms with E-state index in [1.54, 1.807) is 36.3 Å². The average molecular weight is 531 g/mol. The summed E-state index contributed by atoms with van der Waals surface area (Å²) in [5, 5.41) is 16.3. The molecule has 1 unspecified atom stereocenters. The van der Waals surface area contributed by atoms with E-state index in [0.29, 0.717) is 41.5 Å². The number of non-ortho nitro benzene ring substituents is 1. The van der Waals surface area contributed by atoms with Crippen molar-refractivity contribution in [3.05, 3.63) is 82.4 Å². The van der Waals surface area contributed by atoms with Gasteiger partial charge in [0.15, 0.2) is 11.5 Å². The molecule has 10 heteroatoms. The zero-order valence-corrected chi connectivity index (χ0v) is 21.6. The first-order chi connectivity index (χ1) is 18.9. The number of nitrogens with one attached hydrogen (secondary N) is 2. The van der Waals surface area contributed by atoms with Gasteiger partial charge < -0.3 is 25.0 Å². The van der Waals surface area contributed by atoms with Crippen LogP contribution in [0.3, 0.4) is 0 Å². The number of nitro benzene ring substituents is 1. The molecule has 3 aromatic carbocycles. The fourth-order valence-corrected chi connectivity index (χ4v) is 5.15. The highest BCUT2D eigenvalue weighted by Gasteiger charge is 2.32. The van der Waals surface area contributed by atoms with Crippen molar-refractivity contribution in [3.63, 3.8) is 0 Å². The summed E-state index contributed by atoms with van der Waals surface area (Å²) in [7, 11) is 1.63. The van der Waals surface area contributed by atoms with Gasteiger partial charge in [0.1, 0.15) is 0 Å². The van der Waals surface area contributed by atoms with Gasteiger partial charge >= 0.3 is 6.03 Å². The van der Waals surface area contributed by atoms with Gasteiger partial charge in [-0.2, -0.15) is 0 Å². The molecule has 1 aliphatic carbocycles. The fourth-order valence-electron chi connectivity index (χ4n) is 5.15. The van der Waals surface area contributed by atoms with Crippen molar-refractivity contribution in [3.8, 4) is 11.5 Å². The van der Waals surface area contributed by atoms with E-state index >= 15 is 0 Å². The molecule has 1 saturated heterocycles. The minimum Gasteiger partial charge on any atom is -0.493 e. The van der Waals surface area contributed by atoms with E-state index < -0.39 is 11.0 Å². The molecule has 202 valence electrons. The highest BCUT2D eigenvalue weighted by Crippen LogP contribution is 2.38. The van der Waals surface area contributed by atoms with Crippen molar-refractivity contribution in [1.82, 2.24) is 0 Å². The van der Waals surface area contributed by atoms with Crippen LogP contribution in [0.1, 0.15) is 43.6 Å². The van der Waals surface area contributed by atoms with Crippen molar-refractivity contribution >= 4 is 34.7 Å². The minimum absolute atomic E-state index is 0.00715. The molecular formula is C29H30N4O6. The molecule has 3 amide bonds. The van der Waals surface area contributed by atoms with Crippen LogP contribution in [0.5, 0.6) is 11.5 Å². The van der Waals surface area contributed by atoms with Gasteiger partial charge in [-0.25, -0.2) is 4.79 Å². The van der Waals surface area contributed by atoms with E-state index in [1.807, 2.05) is 24.3 Å². The summed E-state index contributed by atoms with van der Waals surface area (Å²) in [5.74, 6) is 1.39. The molecule has 2 fully saturated rings. The number of rotatable bonds is 8. The smallest absolute Gasteiger partial charge is 0.323 e. The van der Waals surface area contributed by atoms with Crippen molar-refractivity contribution in [1.29, 1.82) is 0 Å². The predicted molar refractivity (Wildman–Crippen MR) is 148 cm³/mol. The SMILES string of the molecule is COc1ccc(C2CC(=O)N(c3cccc(NC(=O)Nc4cccc([N+](=O)[O-])c4)c3)C2)cc1OC1CCCC1. The average Bonchev–Trinajstić information content (AvgIpc) is 3.58. The molecule has 0 spiro atoms.